The van der Waals surface area contributed by atoms with Gasteiger partial charge in [-0.1, -0.05) is 74.7 Å². The van der Waals surface area contributed by atoms with Gasteiger partial charge in [0.15, 0.2) is 0 Å². The zero-order valence-corrected chi connectivity index (χ0v) is 94.8. The fourth-order valence-electron chi connectivity index (χ4n) is 8.83. The van der Waals surface area contributed by atoms with E-state index in [4.69, 9.17) is 73.1 Å². The molecule has 0 radical (unpaired) electrons. The van der Waals surface area contributed by atoms with Crippen LogP contribution in [0.25, 0.3) is 0 Å². The number of guanidine groups is 3. The van der Waals surface area contributed by atoms with Crippen molar-refractivity contribution in [2.75, 3.05) is 97.6 Å². The van der Waals surface area contributed by atoms with Gasteiger partial charge in [0.1, 0.15) is 0 Å². The number of anilines is 9. The number of urea groups is 1. The van der Waals surface area contributed by atoms with Gasteiger partial charge in [0.2, 0.25) is 0 Å². The summed E-state index contributed by atoms with van der Waals surface area (Å²) in [5.74, 6) is 1.16. The number of aliphatic imine (C=N–C) groups is 10. The summed E-state index contributed by atoms with van der Waals surface area (Å²) in [4.78, 5) is 50.8. The molecule has 3 atom stereocenters. The second-order valence-corrected chi connectivity index (χ2v) is 33.8. The van der Waals surface area contributed by atoms with Crippen LogP contribution in [-0.4, -0.2) is 137 Å². The molecule has 0 heterocycles. The van der Waals surface area contributed by atoms with E-state index in [0.29, 0.717) is 17.9 Å². The average molecular weight is 2720 g/mol. The molecular formula is C92H132Cl3N25OP3W5-5. The standard InChI is InChI=1S/C19H21N4.2C18H19N4.C9H7ClN3.C9H13N.C6H7N.C3HCl2N2.C3H8N2O.3CH6NP.CH5N.3CH4.5W.H2/c1-14-11-16(3)18(12-15(14)2)22-19(20-4)21-13-23(5)17-9-7-6-8-10-17;2*1-13-10-15(3)17(11-14(13)2)22-18(19-4)21-12-20-16-8-6-5-7-9-16;1-11-9(10)13-7-12-8-5-3-2-4-6-8;1-6-4-8(3)9(10)5-7(6)2;7-6-4-2-1-3-5-6;1-6-3(5)7-2-4;1-4-3(6)5-2;3*1-2-3;1-2;;;;;;;;;/h4,6-12H,1-3,5H3,(H,21,22);2*4-11,20H,1-3H3,(H,21,22);1-6,12H;4-5H,10H2,1-3H3;1-5H,7H2;1H;1-2H3,(H2,4,5,6);3*2H,3H2,1H3;2H2,1H3;3*1H4;;;;;;1H/q4*-1;;;-1;;;;;;;;;;;;;;/i;;;;;;;;;;;;;;;;;;;;1+1. The molecule has 0 aliphatic heterocycles. The van der Waals surface area contributed by atoms with E-state index in [1.807, 2.05) is 217 Å². The third-order valence-corrected chi connectivity index (χ3v) is 19.7. The van der Waals surface area contributed by atoms with Crippen LogP contribution >= 0.6 is 63.0 Å². The molecule has 702 valence electrons. The number of nitrogens with two attached hydrogens (primary N) is 3. The number of benzene rings is 9. The molecule has 9 aromatic rings. The molecule has 0 fully saturated rings. The van der Waals surface area contributed by atoms with Crippen molar-refractivity contribution in [1.82, 2.24) is 25.9 Å². The summed E-state index contributed by atoms with van der Waals surface area (Å²) in [5, 5.41) is 32.0. The third-order valence-electron chi connectivity index (χ3n) is 15.5. The Labute approximate surface area is 848 Å². The van der Waals surface area contributed by atoms with Crippen LogP contribution < -0.4 is 79.9 Å². The Bertz CT molecular complexity index is 4800. The summed E-state index contributed by atoms with van der Waals surface area (Å²) in [6.45, 7) is 46.3. The Kier molecular flexibility index (Phi) is 83.6. The van der Waals surface area contributed by atoms with E-state index in [1.54, 1.807) is 18.6 Å². The van der Waals surface area contributed by atoms with Crippen LogP contribution in [0.15, 0.2) is 250 Å². The molecule has 26 nitrogen and oxygen atoms in total. The first-order valence-electron chi connectivity index (χ1n) is 37.6. The normalized spacial score (nSPS) is 9.95. The second-order valence-electron chi connectivity index (χ2n) is 25.0. The molecule has 129 heavy (non-hydrogen) atoms. The van der Waals surface area contributed by atoms with Crippen molar-refractivity contribution >= 4 is 202 Å². The number of nitrogens with zero attached hydrogens (tertiary/aromatic N) is 11. The van der Waals surface area contributed by atoms with Gasteiger partial charge in [-0.05, 0) is 83.9 Å². The monoisotopic (exact) mass is 2720 g/mol. The maximum atomic E-state index is 9.96. The Morgan fingerprint density at radius 1 is 0.411 bits per heavy atom. The number of hydrogen-bond donors (Lipinski definition) is 14. The molecule has 9 rings (SSSR count). The van der Waals surface area contributed by atoms with Crippen LogP contribution in [0.1, 0.15) is 90.5 Å². The zero-order chi connectivity index (χ0) is 96.1. The number of rotatable bonds is 16. The minimum atomic E-state index is -0.157. The van der Waals surface area contributed by atoms with Gasteiger partial charge in [-0.25, -0.2) is 4.79 Å². The van der Waals surface area contributed by atoms with Crippen molar-refractivity contribution in [3.63, 3.8) is 0 Å². The van der Waals surface area contributed by atoms with E-state index >= 15 is 0 Å². The molecule has 0 aliphatic carbocycles. The zero-order valence-electron chi connectivity index (χ0n) is 74.4. The van der Waals surface area contributed by atoms with E-state index in [-0.39, 0.29) is 40.3 Å². The van der Waals surface area contributed by atoms with E-state index in [1.165, 1.54) is 135 Å². The molecule has 0 bridgehead atoms. The second kappa shape index (κ2) is 81.9. The van der Waals surface area contributed by atoms with Crippen molar-refractivity contribution in [3.05, 3.63) is 267 Å². The van der Waals surface area contributed by atoms with Gasteiger partial charge in [-0.3, -0.25) is 0 Å². The molecule has 0 spiro atoms. The molecular weight excluding hydrogens is 2590 g/mol. The summed E-state index contributed by atoms with van der Waals surface area (Å²) >= 11 is 21.8. The van der Waals surface area contributed by atoms with E-state index < -0.39 is 0 Å². The number of amidine groups is 2. The quantitative estimate of drug-likeness (QED) is 0.0107. The number of halogens is 3. The van der Waals surface area contributed by atoms with Crippen molar-refractivity contribution in [2.45, 2.75) is 105 Å². The van der Waals surface area contributed by atoms with Crippen LogP contribution in [0.5, 0.6) is 0 Å². The summed E-state index contributed by atoms with van der Waals surface area (Å²) in [7, 11) is 19.1. The Morgan fingerprint density at radius 2 is 0.682 bits per heavy atom. The first-order valence-corrected chi connectivity index (χ1v) is 48.0. The van der Waals surface area contributed by atoms with E-state index in [9.17, 15) is 4.79 Å². The molecule has 2 amide bonds. The van der Waals surface area contributed by atoms with Crippen LogP contribution in [0, 0.1) is 83.1 Å². The number of carbonyl (C=O) groups is 1. The molecule has 37 heteroatoms. The number of aryl methyl sites for hydroxylation is 12. The number of amides is 2. The fraction of sp³-hybridized carbons (Fsp3) is 0.239. The van der Waals surface area contributed by atoms with Gasteiger partial charge in [0.05, 0.1) is 0 Å². The summed E-state index contributed by atoms with van der Waals surface area (Å²) < 4.78 is 4.76. The van der Waals surface area contributed by atoms with E-state index in [0.717, 1.165) is 104 Å². The van der Waals surface area contributed by atoms with Crippen LogP contribution in [0.2, 0.25) is 0 Å². The van der Waals surface area contributed by atoms with Gasteiger partial charge < -0.3 is 43.1 Å². The van der Waals surface area contributed by atoms with Gasteiger partial charge in [0, 0.05) is 26.9 Å². The molecule has 0 saturated carbocycles. The van der Waals surface area contributed by atoms with E-state index in [2.05, 4.69) is 246 Å². The first-order chi connectivity index (χ1) is 60.0. The number of nitrogens with one attached hydrogen (secondary N) is 11. The van der Waals surface area contributed by atoms with Crippen molar-refractivity contribution < 1.29 is 103 Å². The van der Waals surface area contributed by atoms with Crippen LogP contribution in [0.4, 0.5) is 56.0 Å². The fourth-order valence-corrected chi connectivity index (χ4v) is 12.8. The maximum absolute atomic E-state index is 9.96. The van der Waals surface area contributed by atoms with Gasteiger partial charge in [-0.15, -0.1) is 0 Å². The van der Waals surface area contributed by atoms with Crippen molar-refractivity contribution in [3.8, 4) is 0 Å². The third kappa shape index (κ3) is 63.6. The Hall–Kier alpha value is -8.06. The number of para-hydroxylation sites is 5. The Morgan fingerprint density at radius 3 is 0.938 bits per heavy atom. The molecule has 17 N–H and O–H groups in total. The molecule has 0 aromatic heterocycles. The number of carbonyl (C=O) groups excluding carboxylic acids is 1. The van der Waals surface area contributed by atoms with Gasteiger partial charge >= 0.3 is 623 Å². The summed E-state index contributed by atoms with van der Waals surface area (Å²) in [5.41, 5.74) is 40.7. The SMILES string of the molecule is C.C.C.CN.CNC(=O)NC.CNP.CNP.CNP.Cc1cc(C)c(N)cc1C.Cl[C-]=NC(Cl)=N[CH]=[W].Nc1ccccc1.[2HH].[CH-]=NC(=N[C](=[W])N(C)c1ccccc1)Nc1cc(C)c(C)cc1C.[CH-]=NC(=N[C](=[W])Nc1ccccc1)Nc1cc(C)c(C)cc1C.[CH-]=NC(=N[C](=[W])Nc1ccccc1)Nc1cc(C)c(C)cc1C.[CH-]=NC(Cl)=N[C](=[W])Nc1ccccc1. The Balaban J connectivity index is -0.000000270. The molecule has 0 saturated heterocycles. The first kappa shape index (κ1) is 132. The predicted molar refractivity (Wildman–Crippen MR) is 568 cm³/mol. The van der Waals surface area contributed by atoms with Gasteiger partial charge in [0.25, 0.3) is 0 Å². The number of hydrogen-bond acceptors (Lipinski definition) is 16. The number of nitrogen functional groups attached to an aromatic ring is 2. The van der Waals surface area contributed by atoms with Crippen molar-refractivity contribution in [1.29, 1.82) is 0 Å². The molecule has 0 aliphatic rings. The van der Waals surface area contributed by atoms with Crippen LogP contribution in [0.3, 0.4) is 0 Å². The van der Waals surface area contributed by atoms with Crippen molar-refractivity contribution in [2.24, 2.45) is 55.7 Å². The molecule has 3 unspecified atom stereocenters. The minimum absolute atomic E-state index is 0. The average Bonchev–Trinajstić information content (AvgIpc) is 0.844. The topological polar surface area (TPSA) is 354 Å². The van der Waals surface area contributed by atoms with Crippen LogP contribution in [-0.2, 0) is 96.8 Å². The summed E-state index contributed by atoms with van der Waals surface area (Å²) in [6.07, 6.45) is 0. The molecule has 9 aromatic carbocycles. The summed E-state index contributed by atoms with van der Waals surface area (Å²) in [6, 6.07) is 65.7. The van der Waals surface area contributed by atoms with Gasteiger partial charge in [-0.2, -0.15) is 0 Å². The predicted octanol–water partition coefficient (Wildman–Crippen LogP) is 18.8.